The van der Waals surface area contributed by atoms with Crippen LogP contribution in [-0.2, 0) is 14.4 Å². The molecule has 5 nitrogen and oxygen atoms in total. The lowest BCUT2D eigenvalue weighted by Gasteiger charge is -2.34. The Bertz CT molecular complexity index is 314. The number of imide groups is 1. The van der Waals surface area contributed by atoms with Crippen molar-refractivity contribution in [3.05, 3.63) is 0 Å². The Labute approximate surface area is 95.2 Å². The molecule has 0 saturated carbocycles. The first-order valence-corrected chi connectivity index (χ1v) is 5.65. The van der Waals surface area contributed by atoms with Crippen LogP contribution in [0.5, 0.6) is 0 Å². The van der Waals surface area contributed by atoms with Crippen LogP contribution in [0.4, 0.5) is 0 Å². The number of nitrogens with zero attached hydrogens (tertiary/aromatic N) is 1. The molecule has 3 amide bonds. The molecule has 1 aliphatic heterocycles. The molecular weight excluding hydrogens is 208 g/mol. The molecule has 1 aliphatic rings. The summed E-state index contributed by atoms with van der Waals surface area (Å²) in [5, 5.41) is 2.25. The zero-order valence-corrected chi connectivity index (χ0v) is 9.95. The van der Waals surface area contributed by atoms with Crippen LogP contribution in [0, 0.1) is 5.92 Å². The van der Waals surface area contributed by atoms with Gasteiger partial charge in [0.15, 0.2) is 0 Å². The highest BCUT2D eigenvalue weighted by atomic mass is 16.2. The third-order valence-corrected chi connectivity index (χ3v) is 2.96. The van der Waals surface area contributed by atoms with Gasteiger partial charge in [0, 0.05) is 5.92 Å². The third-order valence-electron chi connectivity index (χ3n) is 2.96. The number of amides is 3. The second-order valence-electron chi connectivity index (χ2n) is 4.11. The van der Waals surface area contributed by atoms with Gasteiger partial charge in [-0.25, -0.2) is 0 Å². The molecule has 16 heavy (non-hydrogen) atoms. The van der Waals surface area contributed by atoms with Crippen molar-refractivity contribution in [3.8, 4) is 0 Å². The van der Waals surface area contributed by atoms with Gasteiger partial charge in [-0.2, -0.15) is 0 Å². The lowest BCUT2D eigenvalue weighted by molar-refractivity contribution is -0.152. The molecule has 1 N–H and O–H groups in total. The van der Waals surface area contributed by atoms with Crippen LogP contribution in [-0.4, -0.2) is 35.2 Å². The van der Waals surface area contributed by atoms with E-state index in [4.69, 9.17) is 0 Å². The number of hydrogen-bond acceptors (Lipinski definition) is 3. The third kappa shape index (κ3) is 2.40. The molecule has 0 aromatic rings. The van der Waals surface area contributed by atoms with Gasteiger partial charge in [0.1, 0.15) is 12.6 Å². The van der Waals surface area contributed by atoms with Gasteiger partial charge in [-0.3, -0.25) is 19.7 Å². The average molecular weight is 226 g/mol. The van der Waals surface area contributed by atoms with Crippen molar-refractivity contribution in [2.75, 3.05) is 6.54 Å². The minimum atomic E-state index is -0.501. The monoisotopic (exact) mass is 226 g/mol. The summed E-state index contributed by atoms with van der Waals surface area (Å²) < 4.78 is 0. The number of nitrogens with one attached hydrogen (secondary N) is 1. The molecule has 2 unspecified atom stereocenters. The topological polar surface area (TPSA) is 66.5 Å². The molecule has 1 rings (SSSR count). The van der Waals surface area contributed by atoms with E-state index in [0.29, 0.717) is 12.8 Å². The molecular formula is C11H18N2O3. The summed E-state index contributed by atoms with van der Waals surface area (Å²) in [5.74, 6) is -1.02. The Hall–Kier alpha value is -1.39. The summed E-state index contributed by atoms with van der Waals surface area (Å²) in [6.07, 6.45) is 1.24. The van der Waals surface area contributed by atoms with E-state index in [9.17, 15) is 14.4 Å². The van der Waals surface area contributed by atoms with Crippen LogP contribution in [0.15, 0.2) is 0 Å². The molecule has 0 aliphatic carbocycles. The Kier molecular flexibility index (Phi) is 4.04. The molecule has 90 valence electrons. The normalized spacial score (nSPS) is 22.9. The second kappa shape index (κ2) is 5.09. The molecule has 5 heteroatoms. The Morgan fingerprint density at radius 2 is 2.12 bits per heavy atom. The van der Waals surface area contributed by atoms with E-state index < -0.39 is 11.9 Å². The van der Waals surface area contributed by atoms with Crippen LogP contribution >= 0.6 is 0 Å². The van der Waals surface area contributed by atoms with Gasteiger partial charge in [0.25, 0.3) is 0 Å². The maximum absolute atomic E-state index is 12.0. The van der Waals surface area contributed by atoms with E-state index in [1.165, 1.54) is 4.90 Å². The van der Waals surface area contributed by atoms with Crippen molar-refractivity contribution in [1.29, 1.82) is 0 Å². The number of carbonyl (C=O) groups is 3. The Morgan fingerprint density at radius 1 is 1.50 bits per heavy atom. The van der Waals surface area contributed by atoms with Gasteiger partial charge in [0.05, 0.1) is 0 Å². The molecule has 1 saturated heterocycles. The van der Waals surface area contributed by atoms with Crippen molar-refractivity contribution in [2.45, 2.75) is 39.7 Å². The van der Waals surface area contributed by atoms with Gasteiger partial charge < -0.3 is 4.90 Å². The smallest absolute Gasteiger partial charge is 0.249 e. The predicted octanol–water partition coefficient (Wildman–Crippen LogP) is 0.296. The number of rotatable bonds is 3. The molecule has 0 radical (unpaired) electrons. The molecule has 2 atom stereocenters. The first kappa shape index (κ1) is 12.7. The molecule has 1 heterocycles. The van der Waals surface area contributed by atoms with Gasteiger partial charge in [-0.15, -0.1) is 0 Å². The maximum Gasteiger partial charge on any atom is 0.249 e. The Morgan fingerprint density at radius 3 is 2.62 bits per heavy atom. The summed E-state index contributed by atoms with van der Waals surface area (Å²) in [6.45, 7) is 5.55. The maximum atomic E-state index is 12.0. The highest BCUT2D eigenvalue weighted by Gasteiger charge is 2.36. The van der Waals surface area contributed by atoms with E-state index >= 15 is 0 Å². The summed E-state index contributed by atoms with van der Waals surface area (Å²) >= 11 is 0. The van der Waals surface area contributed by atoms with Crippen LogP contribution < -0.4 is 5.32 Å². The highest BCUT2D eigenvalue weighted by Crippen LogP contribution is 2.14. The first-order chi connectivity index (χ1) is 7.51. The van der Waals surface area contributed by atoms with E-state index in [-0.39, 0.29) is 24.3 Å². The van der Waals surface area contributed by atoms with Crippen LogP contribution in [0.3, 0.4) is 0 Å². The van der Waals surface area contributed by atoms with Crippen LogP contribution in [0.1, 0.15) is 33.6 Å². The molecule has 0 aromatic heterocycles. The fourth-order valence-electron chi connectivity index (χ4n) is 1.76. The second-order valence-corrected chi connectivity index (χ2v) is 4.11. The van der Waals surface area contributed by atoms with Crippen molar-refractivity contribution in [1.82, 2.24) is 10.2 Å². The minimum absolute atomic E-state index is 0.00653. The van der Waals surface area contributed by atoms with Gasteiger partial charge >= 0.3 is 0 Å². The highest BCUT2D eigenvalue weighted by molar-refractivity contribution is 6.04. The van der Waals surface area contributed by atoms with Crippen molar-refractivity contribution in [3.63, 3.8) is 0 Å². The van der Waals surface area contributed by atoms with Crippen LogP contribution in [0.25, 0.3) is 0 Å². The molecule has 0 spiro atoms. The van der Waals surface area contributed by atoms with Crippen molar-refractivity contribution >= 4 is 17.7 Å². The molecule has 0 bridgehead atoms. The fraction of sp³-hybridized carbons (Fsp3) is 0.727. The quantitative estimate of drug-likeness (QED) is 0.704. The van der Waals surface area contributed by atoms with Crippen molar-refractivity contribution < 1.29 is 14.4 Å². The summed E-state index contributed by atoms with van der Waals surface area (Å²) in [6, 6.07) is -0.501. The van der Waals surface area contributed by atoms with Gasteiger partial charge in [-0.05, 0) is 12.8 Å². The summed E-state index contributed by atoms with van der Waals surface area (Å²) in [5.41, 5.74) is 0. The van der Waals surface area contributed by atoms with Gasteiger partial charge in [0.2, 0.25) is 17.7 Å². The minimum Gasteiger partial charge on any atom is -0.321 e. The number of hydrogen-bond donors (Lipinski definition) is 1. The number of carbonyl (C=O) groups excluding carboxylic acids is 3. The first-order valence-electron chi connectivity index (χ1n) is 5.65. The fourth-order valence-corrected chi connectivity index (χ4v) is 1.76. The standard InChI is InChI=1S/C11H18N2O3/c1-4-7(3)11(16)13-6-9(14)12-10(15)8(13)5-2/h7-8H,4-6H2,1-3H3,(H,12,14,15). The molecule has 1 fully saturated rings. The van der Waals surface area contributed by atoms with E-state index in [1.807, 2.05) is 20.8 Å². The zero-order chi connectivity index (χ0) is 12.3. The van der Waals surface area contributed by atoms with E-state index in [0.717, 1.165) is 0 Å². The SMILES string of the molecule is CCC(C)C(=O)N1CC(=O)NC(=O)C1CC. The average Bonchev–Trinajstić information content (AvgIpc) is 2.26. The summed E-state index contributed by atoms with van der Waals surface area (Å²) in [7, 11) is 0. The number of piperazine rings is 1. The Balaban J connectivity index is 2.86. The largest absolute Gasteiger partial charge is 0.321 e. The summed E-state index contributed by atoms with van der Waals surface area (Å²) in [4.78, 5) is 36.2. The lowest BCUT2D eigenvalue weighted by Crippen LogP contribution is -2.60. The van der Waals surface area contributed by atoms with Gasteiger partial charge in [-0.1, -0.05) is 20.8 Å². The zero-order valence-electron chi connectivity index (χ0n) is 9.95. The lowest BCUT2D eigenvalue weighted by atomic mass is 10.0. The predicted molar refractivity (Wildman–Crippen MR) is 58.4 cm³/mol. The van der Waals surface area contributed by atoms with E-state index in [2.05, 4.69) is 5.32 Å². The van der Waals surface area contributed by atoms with Crippen molar-refractivity contribution in [2.24, 2.45) is 5.92 Å². The van der Waals surface area contributed by atoms with E-state index in [1.54, 1.807) is 0 Å². The molecule has 0 aromatic carbocycles. The van der Waals surface area contributed by atoms with Crippen LogP contribution in [0.2, 0.25) is 0 Å².